The van der Waals surface area contributed by atoms with Crippen molar-refractivity contribution in [2.45, 2.75) is 13.5 Å². The fourth-order valence-corrected chi connectivity index (χ4v) is 5.38. The van der Waals surface area contributed by atoms with Crippen LogP contribution in [0.1, 0.15) is 16.7 Å². The van der Waals surface area contributed by atoms with Gasteiger partial charge in [-0.3, -0.25) is 4.79 Å². The van der Waals surface area contributed by atoms with Gasteiger partial charge in [0.05, 0.1) is 25.1 Å². The van der Waals surface area contributed by atoms with Crippen LogP contribution in [-0.2, 0) is 6.61 Å². The van der Waals surface area contributed by atoms with Crippen LogP contribution in [0.4, 0.5) is 0 Å². The Balaban J connectivity index is 1.48. The molecule has 7 heteroatoms. The molecule has 0 aliphatic rings. The number of hydrogen-bond acceptors (Lipinski definition) is 4. The largest absolute Gasteiger partial charge is 0.486 e. The number of aryl methyl sites for hydroxylation is 1. The van der Waals surface area contributed by atoms with Crippen molar-refractivity contribution < 1.29 is 4.74 Å². The van der Waals surface area contributed by atoms with Gasteiger partial charge in [-0.2, -0.15) is 0 Å². The van der Waals surface area contributed by atoms with Gasteiger partial charge in [0.15, 0.2) is 10.7 Å². The number of rotatable bonds is 4. The Bertz CT molecular complexity index is 1520. The molecule has 0 radical (unpaired) electrons. The maximum atomic E-state index is 13.0. The predicted octanol–water partition coefficient (Wildman–Crippen LogP) is 5.76. The lowest BCUT2D eigenvalue weighted by Crippen LogP contribution is -2.22. The van der Waals surface area contributed by atoms with E-state index in [0.717, 1.165) is 26.6 Å². The summed E-state index contributed by atoms with van der Waals surface area (Å²) in [5.74, 6) is 0.578. The molecule has 5 aromatic rings. The summed E-state index contributed by atoms with van der Waals surface area (Å²) in [6.07, 6.45) is 1.83. The molecule has 0 aliphatic heterocycles. The molecule has 0 saturated carbocycles. The average molecular weight is 512 g/mol. The molecule has 0 aliphatic carbocycles. The van der Waals surface area contributed by atoms with Crippen LogP contribution in [0, 0.1) is 6.92 Å². The van der Waals surface area contributed by atoms with Crippen LogP contribution in [0.5, 0.6) is 5.75 Å². The zero-order valence-corrected chi connectivity index (χ0v) is 19.6. The van der Waals surface area contributed by atoms with Gasteiger partial charge in [0, 0.05) is 0 Å². The number of aromatic nitrogens is 2. The lowest BCUT2D eigenvalue weighted by Gasteiger charge is -2.11. The summed E-state index contributed by atoms with van der Waals surface area (Å²) in [7, 11) is 0. The fourth-order valence-electron chi connectivity index (χ4n) is 3.40. The number of nitrogens with zero attached hydrogens (tertiary/aromatic N) is 2. The second kappa shape index (κ2) is 8.11. The van der Waals surface area contributed by atoms with Crippen LogP contribution in [0.15, 0.2) is 69.9 Å². The van der Waals surface area contributed by atoms with E-state index >= 15 is 0 Å². The highest BCUT2D eigenvalue weighted by Crippen LogP contribution is 2.35. The smallest absolute Gasteiger partial charge is 0.274 e. The molecule has 154 valence electrons. The van der Waals surface area contributed by atoms with Gasteiger partial charge in [-0.15, -0.1) is 0 Å². The summed E-state index contributed by atoms with van der Waals surface area (Å²) in [4.78, 5) is 18.2. The van der Waals surface area contributed by atoms with Gasteiger partial charge in [0.2, 0.25) is 0 Å². The van der Waals surface area contributed by atoms with Gasteiger partial charge in [-0.1, -0.05) is 64.9 Å². The van der Waals surface area contributed by atoms with E-state index in [1.807, 2.05) is 55.5 Å². The molecule has 2 heterocycles. The number of fused-ring (bicyclic) bond motifs is 3. The average Bonchev–Trinajstić information content (AvgIpc) is 3.25. The van der Waals surface area contributed by atoms with Gasteiger partial charge in [0.1, 0.15) is 6.61 Å². The van der Waals surface area contributed by atoms with E-state index in [1.54, 1.807) is 10.5 Å². The van der Waals surface area contributed by atoms with E-state index in [4.69, 9.17) is 16.3 Å². The van der Waals surface area contributed by atoms with E-state index < -0.39 is 0 Å². The third kappa shape index (κ3) is 3.87. The number of ether oxygens (including phenoxy) is 1. The Labute approximate surface area is 195 Å². The summed E-state index contributed by atoms with van der Waals surface area (Å²) < 4.78 is 8.93. The third-order valence-electron chi connectivity index (χ3n) is 4.97. The number of hydrogen-bond donors (Lipinski definition) is 0. The third-order valence-corrected chi connectivity index (χ3v) is 6.81. The number of para-hydroxylation sites is 2. The highest BCUT2D eigenvalue weighted by Gasteiger charge is 2.12. The Morgan fingerprint density at radius 1 is 1.16 bits per heavy atom. The topological polar surface area (TPSA) is 43.6 Å². The molecule has 0 bridgehead atoms. The summed E-state index contributed by atoms with van der Waals surface area (Å²) in [5.41, 5.74) is 4.63. The molecule has 3 aromatic carbocycles. The number of halogens is 2. The van der Waals surface area contributed by atoms with E-state index in [1.165, 1.54) is 16.9 Å². The van der Waals surface area contributed by atoms with Crippen molar-refractivity contribution in [3.8, 4) is 5.75 Å². The molecule has 4 nitrogen and oxygen atoms in total. The Morgan fingerprint density at radius 3 is 2.71 bits per heavy atom. The molecular formula is C24H16BrClN2O2S. The summed E-state index contributed by atoms with van der Waals surface area (Å²) in [5, 5.41) is 0.479. The summed E-state index contributed by atoms with van der Waals surface area (Å²) in [6.45, 7) is 2.47. The highest BCUT2D eigenvalue weighted by molar-refractivity contribution is 9.10. The molecule has 0 saturated heterocycles. The summed E-state index contributed by atoms with van der Waals surface area (Å²) in [6, 6.07) is 19.5. The first-order chi connectivity index (χ1) is 15.0. The molecule has 2 aromatic heterocycles. The standard InChI is InChI=1S/C24H16BrClN2O2S/c1-14-6-8-15(9-7-14)13-30-22-17(25)10-16(11-18(22)26)12-21-23(29)28-20-5-3-2-4-19(20)27-24(28)31-21/h2-12H,13H2,1H3. The first-order valence-corrected chi connectivity index (χ1v) is 11.6. The quantitative estimate of drug-likeness (QED) is 0.308. The number of thiazole rings is 1. The number of benzene rings is 3. The fraction of sp³-hybridized carbons (Fsp3) is 0.0833. The second-order valence-electron chi connectivity index (χ2n) is 7.22. The lowest BCUT2D eigenvalue weighted by molar-refractivity contribution is 0.304. The van der Waals surface area contributed by atoms with Crippen LogP contribution in [0.3, 0.4) is 0 Å². The first-order valence-electron chi connectivity index (χ1n) is 9.59. The molecule has 5 rings (SSSR count). The molecule has 0 atom stereocenters. The maximum Gasteiger partial charge on any atom is 0.274 e. The molecule has 0 amide bonds. The van der Waals surface area contributed by atoms with Crippen molar-refractivity contribution in [3.05, 3.63) is 102 Å². The van der Waals surface area contributed by atoms with Gasteiger partial charge in [0.25, 0.3) is 5.56 Å². The monoisotopic (exact) mass is 510 g/mol. The maximum absolute atomic E-state index is 13.0. The zero-order valence-electron chi connectivity index (χ0n) is 16.4. The molecule has 0 spiro atoms. The van der Waals surface area contributed by atoms with E-state index in [2.05, 4.69) is 33.0 Å². The van der Waals surface area contributed by atoms with Gasteiger partial charge in [-0.25, -0.2) is 9.38 Å². The minimum atomic E-state index is -0.0827. The van der Waals surface area contributed by atoms with Crippen LogP contribution in [-0.4, -0.2) is 9.38 Å². The van der Waals surface area contributed by atoms with Crippen LogP contribution >= 0.6 is 38.9 Å². The molecule has 0 N–H and O–H groups in total. The van der Waals surface area contributed by atoms with Crippen molar-refractivity contribution in [2.24, 2.45) is 0 Å². The van der Waals surface area contributed by atoms with Crippen molar-refractivity contribution in [3.63, 3.8) is 0 Å². The van der Waals surface area contributed by atoms with E-state index in [9.17, 15) is 4.79 Å². The zero-order chi connectivity index (χ0) is 21.5. The van der Waals surface area contributed by atoms with Gasteiger partial charge >= 0.3 is 0 Å². The highest BCUT2D eigenvalue weighted by atomic mass is 79.9. The first kappa shape index (κ1) is 20.2. The van der Waals surface area contributed by atoms with Crippen molar-refractivity contribution in [2.75, 3.05) is 0 Å². The predicted molar refractivity (Wildman–Crippen MR) is 130 cm³/mol. The Kier molecular flexibility index (Phi) is 5.30. The van der Waals surface area contributed by atoms with Crippen molar-refractivity contribution >= 4 is 60.9 Å². The van der Waals surface area contributed by atoms with Crippen LogP contribution < -0.4 is 14.8 Å². The Hall–Kier alpha value is -2.67. The Morgan fingerprint density at radius 2 is 1.94 bits per heavy atom. The molecule has 0 fully saturated rings. The van der Waals surface area contributed by atoms with Crippen LogP contribution in [0.2, 0.25) is 5.02 Å². The van der Waals surface area contributed by atoms with Gasteiger partial charge in [-0.05, 0) is 64.3 Å². The van der Waals surface area contributed by atoms with Gasteiger partial charge < -0.3 is 4.74 Å². The van der Waals surface area contributed by atoms with E-state index in [0.29, 0.717) is 26.9 Å². The number of imidazole rings is 1. The van der Waals surface area contributed by atoms with Crippen molar-refractivity contribution in [1.82, 2.24) is 9.38 Å². The molecule has 31 heavy (non-hydrogen) atoms. The van der Waals surface area contributed by atoms with Crippen LogP contribution in [0.25, 0.3) is 22.1 Å². The lowest BCUT2D eigenvalue weighted by atomic mass is 10.2. The molecule has 0 unspecified atom stereocenters. The van der Waals surface area contributed by atoms with Crippen molar-refractivity contribution in [1.29, 1.82) is 0 Å². The minimum Gasteiger partial charge on any atom is -0.486 e. The normalized spacial score (nSPS) is 12.2. The summed E-state index contributed by atoms with van der Waals surface area (Å²) >= 11 is 11.4. The molecular weight excluding hydrogens is 496 g/mol. The minimum absolute atomic E-state index is 0.0827. The van der Waals surface area contributed by atoms with E-state index in [-0.39, 0.29) is 5.56 Å². The SMILES string of the molecule is Cc1ccc(COc2c(Cl)cc(C=c3sc4nc5ccccc5n4c3=O)cc2Br)cc1. The second-order valence-corrected chi connectivity index (χ2v) is 9.49.